The first-order valence-electron chi connectivity index (χ1n) is 4.52. The lowest BCUT2D eigenvalue weighted by molar-refractivity contribution is -0.122. The summed E-state index contributed by atoms with van der Waals surface area (Å²) in [4.78, 5) is 15.3. The standard InChI is InChI=1S/C9H12N2OS/c12-9(7-1-2-7)11-4-3-8-10-5-6-13-8/h5-7H,1-4H2,(H,11,12). The van der Waals surface area contributed by atoms with E-state index in [-0.39, 0.29) is 5.91 Å². The zero-order valence-electron chi connectivity index (χ0n) is 7.32. The van der Waals surface area contributed by atoms with Crippen molar-refractivity contribution >= 4 is 17.2 Å². The van der Waals surface area contributed by atoms with Gasteiger partial charge in [0, 0.05) is 30.5 Å². The van der Waals surface area contributed by atoms with Gasteiger partial charge in [0.15, 0.2) is 0 Å². The van der Waals surface area contributed by atoms with Crippen LogP contribution in [0.5, 0.6) is 0 Å². The van der Waals surface area contributed by atoms with Crippen LogP contribution in [0.15, 0.2) is 11.6 Å². The van der Waals surface area contributed by atoms with E-state index in [4.69, 9.17) is 0 Å². The first kappa shape index (κ1) is 8.69. The van der Waals surface area contributed by atoms with Gasteiger partial charge in [-0.05, 0) is 12.8 Å². The largest absolute Gasteiger partial charge is 0.355 e. The van der Waals surface area contributed by atoms with Gasteiger partial charge in [-0.25, -0.2) is 4.98 Å². The lowest BCUT2D eigenvalue weighted by Gasteiger charge is -2.00. The molecule has 0 aliphatic heterocycles. The molecule has 2 rings (SSSR count). The lowest BCUT2D eigenvalue weighted by Crippen LogP contribution is -2.26. The lowest BCUT2D eigenvalue weighted by atomic mass is 10.3. The average molecular weight is 196 g/mol. The van der Waals surface area contributed by atoms with E-state index in [2.05, 4.69) is 10.3 Å². The molecule has 1 aromatic rings. The molecule has 1 aliphatic carbocycles. The van der Waals surface area contributed by atoms with Crippen LogP contribution in [0.25, 0.3) is 0 Å². The van der Waals surface area contributed by atoms with Crippen LogP contribution in [0.2, 0.25) is 0 Å². The first-order valence-corrected chi connectivity index (χ1v) is 5.40. The summed E-state index contributed by atoms with van der Waals surface area (Å²) in [6, 6.07) is 0. The van der Waals surface area contributed by atoms with Gasteiger partial charge in [0.05, 0.1) is 5.01 Å². The molecule has 1 aromatic heterocycles. The van der Waals surface area contributed by atoms with Crippen LogP contribution in [-0.4, -0.2) is 17.4 Å². The fourth-order valence-corrected chi connectivity index (χ4v) is 1.78. The van der Waals surface area contributed by atoms with Crippen molar-refractivity contribution < 1.29 is 4.79 Å². The van der Waals surface area contributed by atoms with E-state index >= 15 is 0 Å². The van der Waals surface area contributed by atoms with Gasteiger partial charge in [0.25, 0.3) is 0 Å². The highest BCUT2D eigenvalue weighted by atomic mass is 32.1. The van der Waals surface area contributed by atoms with Gasteiger partial charge in [-0.15, -0.1) is 11.3 Å². The number of hydrogen-bond acceptors (Lipinski definition) is 3. The molecule has 1 aliphatic rings. The Balaban J connectivity index is 1.66. The summed E-state index contributed by atoms with van der Waals surface area (Å²) in [5, 5.41) is 5.96. The minimum atomic E-state index is 0.219. The maximum atomic E-state index is 11.2. The molecule has 0 atom stereocenters. The Hall–Kier alpha value is -0.900. The van der Waals surface area contributed by atoms with Crippen molar-refractivity contribution in [3.63, 3.8) is 0 Å². The van der Waals surface area contributed by atoms with Gasteiger partial charge in [-0.2, -0.15) is 0 Å². The second-order valence-corrected chi connectivity index (χ2v) is 4.22. The summed E-state index contributed by atoms with van der Waals surface area (Å²) in [6.45, 7) is 0.725. The molecule has 3 nitrogen and oxygen atoms in total. The predicted molar refractivity (Wildman–Crippen MR) is 51.6 cm³/mol. The highest BCUT2D eigenvalue weighted by molar-refractivity contribution is 7.09. The molecule has 13 heavy (non-hydrogen) atoms. The smallest absolute Gasteiger partial charge is 0.223 e. The molecule has 70 valence electrons. The van der Waals surface area contributed by atoms with E-state index in [9.17, 15) is 4.79 Å². The fourth-order valence-electron chi connectivity index (χ4n) is 1.16. The Kier molecular flexibility index (Phi) is 2.59. The van der Waals surface area contributed by atoms with Crippen molar-refractivity contribution in [3.8, 4) is 0 Å². The average Bonchev–Trinajstić information content (AvgIpc) is 2.86. The van der Waals surface area contributed by atoms with E-state index < -0.39 is 0 Å². The van der Waals surface area contributed by atoms with Gasteiger partial charge in [-0.1, -0.05) is 0 Å². The number of aromatic nitrogens is 1. The van der Waals surface area contributed by atoms with Gasteiger partial charge < -0.3 is 5.32 Å². The summed E-state index contributed by atoms with van der Waals surface area (Å²) in [7, 11) is 0. The van der Waals surface area contributed by atoms with Crippen molar-refractivity contribution in [2.75, 3.05) is 6.54 Å². The van der Waals surface area contributed by atoms with Gasteiger partial charge >= 0.3 is 0 Å². The monoisotopic (exact) mass is 196 g/mol. The van der Waals surface area contributed by atoms with Crippen molar-refractivity contribution in [2.24, 2.45) is 5.92 Å². The van der Waals surface area contributed by atoms with E-state index in [0.717, 1.165) is 30.8 Å². The van der Waals surface area contributed by atoms with Crippen LogP contribution < -0.4 is 5.32 Å². The number of amides is 1. The zero-order valence-corrected chi connectivity index (χ0v) is 8.14. The van der Waals surface area contributed by atoms with E-state index in [0.29, 0.717) is 5.92 Å². The quantitative estimate of drug-likeness (QED) is 0.786. The van der Waals surface area contributed by atoms with Crippen molar-refractivity contribution in [2.45, 2.75) is 19.3 Å². The van der Waals surface area contributed by atoms with Crippen LogP contribution in [0, 0.1) is 5.92 Å². The molecule has 1 saturated carbocycles. The summed E-state index contributed by atoms with van der Waals surface area (Å²) < 4.78 is 0. The molecular weight excluding hydrogens is 184 g/mol. The third-order valence-corrected chi connectivity index (χ3v) is 2.91. The number of carbonyl (C=O) groups excluding carboxylic acids is 1. The van der Waals surface area contributed by atoms with Crippen molar-refractivity contribution in [1.29, 1.82) is 0 Å². The Morgan fingerprint density at radius 3 is 3.15 bits per heavy atom. The van der Waals surface area contributed by atoms with E-state index in [1.165, 1.54) is 0 Å². The minimum absolute atomic E-state index is 0.219. The Bertz CT molecular complexity index is 280. The second-order valence-electron chi connectivity index (χ2n) is 3.24. The number of carbonyl (C=O) groups is 1. The molecule has 1 N–H and O–H groups in total. The van der Waals surface area contributed by atoms with E-state index in [1.807, 2.05) is 5.38 Å². The summed E-state index contributed by atoms with van der Waals surface area (Å²) in [6.07, 6.45) is 4.80. The Morgan fingerprint density at radius 1 is 1.69 bits per heavy atom. The van der Waals surface area contributed by atoms with E-state index in [1.54, 1.807) is 17.5 Å². The molecule has 0 aromatic carbocycles. The number of rotatable bonds is 4. The molecule has 4 heteroatoms. The van der Waals surface area contributed by atoms with Crippen LogP contribution in [0.4, 0.5) is 0 Å². The van der Waals surface area contributed by atoms with Crippen LogP contribution in [-0.2, 0) is 11.2 Å². The number of nitrogens with one attached hydrogen (secondary N) is 1. The normalized spacial score (nSPS) is 15.7. The second kappa shape index (κ2) is 3.87. The highest BCUT2D eigenvalue weighted by Crippen LogP contribution is 2.28. The Labute approximate surface area is 81.2 Å². The van der Waals surface area contributed by atoms with Gasteiger partial charge in [0.2, 0.25) is 5.91 Å². The zero-order chi connectivity index (χ0) is 9.10. The third kappa shape index (κ3) is 2.52. The third-order valence-electron chi connectivity index (χ3n) is 2.07. The van der Waals surface area contributed by atoms with Gasteiger partial charge in [-0.3, -0.25) is 4.79 Å². The highest BCUT2D eigenvalue weighted by Gasteiger charge is 2.28. The molecule has 1 amide bonds. The summed E-state index contributed by atoms with van der Waals surface area (Å²) in [5.41, 5.74) is 0. The molecular formula is C9H12N2OS. The number of hydrogen-bond donors (Lipinski definition) is 1. The molecule has 0 unspecified atom stereocenters. The summed E-state index contributed by atoms with van der Waals surface area (Å²) >= 11 is 1.64. The number of thiazole rings is 1. The topological polar surface area (TPSA) is 42.0 Å². The minimum Gasteiger partial charge on any atom is -0.355 e. The van der Waals surface area contributed by atoms with Gasteiger partial charge in [0.1, 0.15) is 0 Å². The summed E-state index contributed by atoms with van der Waals surface area (Å²) in [5.74, 6) is 0.535. The molecule has 1 heterocycles. The molecule has 0 saturated heterocycles. The van der Waals surface area contributed by atoms with Crippen LogP contribution in [0.3, 0.4) is 0 Å². The maximum Gasteiger partial charge on any atom is 0.223 e. The first-order chi connectivity index (χ1) is 6.36. The van der Waals surface area contributed by atoms with Crippen molar-refractivity contribution in [3.05, 3.63) is 16.6 Å². The molecule has 1 fully saturated rings. The van der Waals surface area contributed by atoms with Crippen molar-refractivity contribution in [1.82, 2.24) is 10.3 Å². The fraction of sp³-hybridized carbons (Fsp3) is 0.556. The predicted octanol–water partition coefficient (Wildman–Crippen LogP) is 1.21. The SMILES string of the molecule is O=C(NCCc1nccs1)C1CC1. The maximum absolute atomic E-state index is 11.2. The number of nitrogens with zero attached hydrogens (tertiary/aromatic N) is 1. The molecule has 0 radical (unpaired) electrons. The van der Waals surface area contributed by atoms with Crippen LogP contribution >= 0.6 is 11.3 Å². The van der Waals surface area contributed by atoms with Crippen LogP contribution in [0.1, 0.15) is 17.8 Å². The molecule has 0 spiro atoms. The Morgan fingerprint density at radius 2 is 2.54 bits per heavy atom. The molecule has 0 bridgehead atoms.